The highest BCUT2D eigenvalue weighted by Crippen LogP contribution is 2.46. The van der Waals surface area contributed by atoms with Gasteiger partial charge < -0.3 is 55.2 Å². The molecular weight excluding hydrogens is 1100 g/mol. The second-order valence-electron chi connectivity index (χ2n) is 21.2. The Balaban J connectivity index is 0.735. The van der Waals surface area contributed by atoms with Gasteiger partial charge in [-0.05, 0) is 60.9 Å². The van der Waals surface area contributed by atoms with Gasteiger partial charge in [0, 0.05) is 86.5 Å². The first-order valence-electron chi connectivity index (χ1n) is 28.1. The first kappa shape index (κ1) is 61.9. The Morgan fingerprint density at radius 3 is 2.30 bits per heavy atom. The van der Waals surface area contributed by atoms with Crippen molar-refractivity contribution in [3.8, 4) is 11.4 Å². The molecule has 84 heavy (non-hydrogen) atoms. The minimum atomic E-state index is -2.05. The molecule has 1 fully saturated rings. The van der Waals surface area contributed by atoms with Gasteiger partial charge in [-0.25, -0.2) is 14.2 Å². The number of imide groups is 1. The van der Waals surface area contributed by atoms with Crippen LogP contribution >= 0.6 is 0 Å². The number of rotatable bonds is 30. The number of halogens is 1. The number of fused-ring (bicyclic) bond motifs is 5. The van der Waals surface area contributed by atoms with Crippen LogP contribution in [0.4, 0.5) is 4.39 Å². The average molecular weight is 1170 g/mol. The van der Waals surface area contributed by atoms with Gasteiger partial charge in [0.25, 0.3) is 5.56 Å². The number of pyridine rings is 2. The SMILES string of the molecule is CC[C@@]1(O)C(=O)OCc2c1cc1n(c2=O)Cc2c-1nc1cc(F)c(C)c3c1c2[C@@H](NC(=O)COCNC(=O)CCC(=O)[C@H](Cc1ccccc1)NC(=O)CCC(=O)CNC(=O)CCOCCOCCNC(=O)CCN1C(=O)CC(C)C1=O)CC3. The van der Waals surface area contributed by atoms with E-state index in [0.717, 1.165) is 16.0 Å². The van der Waals surface area contributed by atoms with Crippen molar-refractivity contribution in [3.63, 3.8) is 0 Å². The van der Waals surface area contributed by atoms with Crippen LogP contribution in [0.3, 0.4) is 0 Å². The summed E-state index contributed by atoms with van der Waals surface area (Å²) in [6.45, 7) is 4.34. The Kier molecular flexibility index (Phi) is 20.6. The van der Waals surface area contributed by atoms with E-state index in [1.807, 2.05) is 0 Å². The number of benzene rings is 2. The summed E-state index contributed by atoms with van der Waals surface area (Å²) in [5, 5.41) is 25.4. The van der Waals surface area contributed by atoms with Crippen molar-refractivity contribution in [2.75, 3.05) is 59.4 Å². The highest BCUT2D eigenvalue weighted by molar-refractivity contribution is 6.03. The fourth-order valence-electron chi connectivity index (χ4n) is 10.8. The molecule has 7 amide bonds. The molecular formula is C59H69FN8O16. The molecule has 0 radical (unpaired) electrons. The smallest absolute Gasteiger partial charge is 0.343 e. The number of cyclic esters (lactones) is 1. The number of aryl methyl sites for hydroxylation is 1. The van der Waals surface area contributed by atoms with Gasteiger partial charge in [0.05, 0.1) is 74.1 Å². The molecule has 4 atom stereocenters. The number of likely N-dealkylation sites (tertiary alicyclic amines) is 1. The molecule has 448 valence electrons. The Bertz CT molecular complexity index is 3310. The number of carbonyl (C=O) groups excluding carboxylic acids is 10. The molecule has 5 heterocycles. The van der Waals surface area contributed by atoms with Crippen molar-refractivity contribution < 1.29 is 76.4 Å². The number of Topliss-reactive ketones (excluding diaryl/α,β-unsaturated/α-hetero) is 2. The number of ether oxygens (including phenoxy) is 4. The number of carbonyl (C=O) groups is 10. The maximum absolute atomic E-state index is 15.4. The predicted molar refractivity (Wildman–Crippen MR) is 295 cm³/mol. The fraction of sp³-hybridized carbons (Fsp3) is 0.492. The minimum absolute atomic E-state index is 0.00610. The molecule has 4 aliphatic rings. The number of esters is 1. The van der Waals surface area contributed by atoms with Crippen molar-refractivity contribution in [2.45, 2.75) is 122 Å². The summed E-state index contributed by atoms with van der Waals surface area (Å²) < 4.78 is 38.4. The largest absolute Gasteiger partial charge is 0.458 e. The summed E-state index contributed by atoms with van der Waals surface area (Å²) in [5.74, 6) is -5.58. The van der Waals surface area contributed by atoms with Crippen LogP contribution in [0.5, 0.6) is 0 Å². The molecule has 4 aromatic rings. The molecule has 0 bridgehead atoms. The van der Waals surface area contributed by atoms with Crippen LogP contribution in [0.25, 0.3) is 22.3 Å². The Morgan fingerprint density at radius 2 is 1.56 bits per heavy atom. The molecule has 24 nitrogen and oxygen atoms in total. The van der Waals surface area contributed by atoms with Crippen LogP contribution in [0, 0.1) is 18.7 Å². The zero-order valence-corrected chi connectivity index (χ0v) is 47.1. The van der Waals surface area contributed by atoms with E-state index >= 15 is 4.39 Å². The zero-order chi connectivity index (χ0) is 60.2. The number of nitrogens with zero attached hydrogens (tertiary/aromatic N) is 3. The van der Waals surface area contributed by atoms with Crippen molar-refractivity contribution >= 4 is 69.8 Å². The number of aromatic nitrogens is 2. The molecule has 1 saturated heterocycles. The lowest BCUT2D eigenvalue weighted by Gasteiger charge is -2.31. The van der Waals surface area contributed by atoms with E-state index in [1.54, 1.807) is 57.2 Å². The van der Waals surface area contributed by atoms with E-state index in [2.05, 4.69) is 26.6 Å². The Hall–Kier alpha value is -8.13. The Morgan fingerprint density at radius 1 is 0.833 bits per heavy atom. The van der Waals surface area contributed by atoms with Gasteiger partial charge in [0.2, 0.25) is 41.4 Å². The van der Waals surface area contributed by atoms with Gasteiger partial charge >= 0.3 is 5.97 Å². The summed E-state index contributed by atoms with van der Waals surface area (Å²) in [7, 11) is 0. The van der Waals surface area contributed by atoms with Gasteiger partial charge in [0.15, 0.2) is 17.2 Å². The number of hydrogen-bond acceptors (Lipinski definition) is 17. The average Bonchev–Trinajstić information content (AvgIpc) is 1.73. The first-order chi connectivity index (χ1) is 40.3. The van der Waals surface area contributed by atoms with E-state index in [-0.39, 0.29) is 158 Å². The topological polar surface area (TPSA) is 326 Å². The molecule has 25 heteroatoms. The van der Waals surface area contributed by atoms with Crippen LogP contribution in [0.15, 0.2) is 47.3 Å². The van der Waals surface area contributed by atoms with Crippen molar-refractivity contribution in [1.82, 2.24) is 41.0 Å². The van der Waals surface area contributed by atoms with Crippen LogP contribution in [0.1, 0.15) is 117 Å². The molecule has 2 aromatic heterocycles. The third-order valence-corrected chi connectivity index (χ3v) is 15.5. The summed E-state index contributed by atoms with van der Waals surface area (Å²) >= 11 is 0. The first-order valence-corrected chi connectivity index (χ1v) is 28.1. The normalized spacial score (nSPS) is 17.9. The van der Waals surface area contributed by atoms with Gasteiger partial charge in [0.1, 0.15) is 25.8 Å². The third kappa shape index (κ3) is 14.6. The number of amides is 7. The Labute approximate surface area is 482 Å². The van der Waals surface area contributed by atoms with Crippen molar-refractivity contribution in [3.05, 3.63) is 97.6 Å². The summed E-state index contributed by atoms with van der Waals surface area (Å²) in [6.07, 6.45) is -0.0850. The third-order valence-electron chi connectivity index (χ3n) is 15.5. The molecule has 0 saturated carbocycles. The van der Waals surface area contributed by atoms with Crippen molar-refractivity contribution in [1.29, 1.82) is 0 Å². The number of hydrogen-bond donors (Lipinski definition) is 6. The molecule has 8 rings (SSSR count). The number of nitrogens with one attached hydrogen (secondary N) is 5. The molecule has 2 aromatic carbocycles. The molecule has 1 unspecified atom stereocenters. The van der Waals surface area contributed by atoms with Crippen LogP contribution < -0.4 is 32.1 Å². The monoisotopic (exact) mass is 1160 g/mol. The molecule has 0 spiro atoms. The van der Waals surface area contributed by atoms with E-state index in [0.29, 0.717) is 51.8 Å². The van der Waals surface area contributed by atoms with Gasteiger partial charge in [-0.2, -0.15) is 0 Å². The fourth-order valence-corrected chi connectivity index (χ4v) is 10.8. The molecule has 6 N–H and O–H groups in total. The van der Waals surface area contributed by atoms with Gasteiger partial charge in [-0.15, -0.1) is 0 Å². The lowest BCUT2D eigenvalue weighted by atomic mass is 9.81. The van der Waals surface area contributed by atoms with Crippen molar-refractivity contribution in [2.24, 2.45) is 5.92 Å². The molecule has 1 aliphatic carbocycles. The quantitative estimate of drug-likeness (QED) is 0.0165. The highest BCUT2D eigenvalue weighted by atomic mass is 19.1. The maximum Gasteiger partial charge on any atom is 0.343 e. The lowest BCUT2D eigenvalue weighted by Crippen LogP contribution is -2.44. The predicted octanol–water partition coefficient (Wildman–Crippen LogP) is 1.59. The number of ketones is 2. The van der Waals surface area contributed by atoms with Crippen LogP contribution in [-0.4, -0.2) is 144 Å². The molecule has 3 aliphatic heterocycles. The van der Waals surface area contributed by atoms with E-state index in [4.69, 9.17) is 23.9 Å². The van der Waals surface area contributed by atoms with E-state index in [9.17, 15) is 57.8 Å². The summed E-state index contributed by atoms with van der Waals surface area (Å²) in [6, 6.07) is 10.1. The second-order valence-corrected chi connectivity index (χ2v) is 21.2. The van der Waals surface area contributed by atoms with E-state index < -0.39 is 76.8 Å². The van der Waals surface area contributed by atoms with E-state index in [1.165, 1.54) is 10.6 Å². The second kappa shape index (κ2) is 28.0. The van der Waals surface area contributed by atoms with Gasteiger partial charge in [-0.3, -0.25) is 52.8 Å². The highest BCUT2D eigenvalue weighted by Gasteiger charge is 2.46. The summed E-state index contributed by atoms with van der Waals surface area (Å²) in [4.78, 5) is 147. The minimum Gasteiger partial charge on any atom is -0.458 e. The van der Waals surface area contributed by atoms with Gasteiger partial charge in [-0.1, -0.05) is 44.2 Å². The summed E-state index contributed by atoms with van der Waals surface area (Å²) in [5.41, 5.74) is 1.91. The lowest BCUT2D eigenvalue weighted by molar-refractivity contribution is -0.172. The number of aliphatic hydroxyl groups is 1. The van der Waals surface area contributed by atoms with Crippen LogP contribution in [-0.2, 0) is 98.5 Å². The zero-order valence-electron chi connectivity index (χ0n) is 47.1. The van der Waals surface area contributed by atoms with Crippen LogP contribution in [0.2, 0.25) is 0 Å². The maximum atomic E-state index is 15.4. The standard InChI is InChI=1S/C59H69FN8O16/c1-4-59(80)40-26-45-55-38(29-68(45)57(78)39(40)30-84-58(59)79)54-42(12-11-37-34(3)41(60)27-44(66-55)53(37)54)64-51(75)31-83-32-63-47(71)15-13-46(70)43(25-35-8-6-5-7-9-35)65-50(74)14-10-36(69)28-62-49(73)17-20-81-22-23-82-21-18-61-48(72)16-19-67-52(76)24-33(2)56(67)77/h5-9,26-27,33,42-43,80H,4,10-25,28-32H2,1-3H3,(H,61,72)(H,62,73)(H,63,71)(H,64,75)(H,65,74)/t33?,42-,43-,59-/m0/s1.